The Morgan fingerprint density at radius 2 is 2.16 bits per heavy atom. The van der Waals surface area contributed by atoms with Gasteiger partial charge in [0.2, 0.25) is 15.9 Å². The van der Waals surface area contributed by atoms with E-state index in [1.807, 2.05) is 0 Å². The van der Waals surface area contributed by atoms with E-state index in [4.69, 9.17) is 5.73 Å². The van der Waals surface area contributed by atoms with E-state index in [1.165, 1.54) is 6.08 Å². The van der Waals surface area contributed by atoms with Crippen molar-refractivity contribution in [2.24, 2.45) is 5.73 Å². The lowest BCUT2D eigenvalue weighted by atomic mass is 10.2. The number of nitrogens with zero attached hydrogens (tertiary/aromatic N) is 1. The van der Waals surface area contributed by atoms with Gasteiger partial charge < -0.3 is 5.73 Å². The summed E-state index contributed by atoms with van der Waals surface area (Å²) in [6.45, 7) is 3.19. The molecule has 0 aromatic heterocycles. The van der Waals surface area contributed by atoms with Gasteiger partial charge in [0.1, 0.15) is 0 Å². The summed E-state index contributed by atoms with van der Waals surface area (Å²) in [6, 6.07) is 6.98. The zero-order chi connectivity index (χ0) is 14.5. The number of carbonyl (C=O) groups excluding carboxylic acids is 1. The SMILES string of the molecule is C=CCN(CC(N)=O)S(=O)(=O)Cc1cccc(Br)c1. The van der Waals surface area contributed by atoms with E-state index in [0.717, 1.165) is 8.78 Å². The van der Waals surface area contributed by atoms with Gasteiger partial charge in [0.05, 0.1) is 12.3 Å². The highest BCUT2D eigenvalue weighted by molar-refractivity contribution is 9.10. The summed E-state index contributed by atoms with van der Waals surface area (Å²) in [4.78, 5) is 10.9. The van der Waals surface area contributed by atoms with Crippen molar-refractivity contribution < 1.29 is 13.2 Å². The minimum atomic E-state index is -3.61. The summed E-state index contributed by atoms with van der Waals surface area (Å²) in [6.07, 6.45) is 1.42. The van der Waals surface area contributed by atoms with Gasteiger partial charge in [-0.25, -0.2) is 8.42 Å². The van der Waals surface area contributed by atoms with Crippen LogP contribution in [0.1, 0.15) is 5.56 Å². The van der Waals surface area contributed by atoms with Crippen LogP contribution in [-0.2, 0) is 20.6 Å². The monoisotopic (exact) mass is 346 g/mol. The van der Waals surface area contributed by atoms with Crippen LogP contribution in [0.2, 0.25) is 0 Å². The quantitative estimate of drug-likeness (QED) is 0.754. The van der Waals surface area contributed by atoms with Gasteiger partial charge in [0, 0.05) is 11.0 Å². The van der Waals surface area contributed by atoms with E-state index >= 15 is 0 Å². The van der Waals surface area contributed by atoms with Crippen molar-refractivity contribution in [1.82, 2.24) is 4.31 Å². The average molecular weight is 347 g/mol. The van der Waals surface area contributed by atoms with E-state index < -0.39 is 15.9 Å². The van der Waals surface area contributed by atoms with E-state index in [-0.39, 0.29) is 18.8 Å². The van der Waals surface area contributed by atoms with Gasteiger partial charge in [-0.1, -0.05) is 34.1 Å². The molecule has 0 spiro atoms. The Hall–Kier alpha value is -1.18. The second kappa shape index (κ2) is 6.83. The number of nitrogens with two attached hydrogens (primary N) is 1. The van der Waals surface area contributed by atoms with Crippen LogP contribution in [0.4, 0.5) is 0 Å². The summed E-state index contributed by atoms with van der Waals surface area (Å²) in [5.41, 5.74) is 5.68. The first-order chi connectivity index (χ1) is 8.85. The van der Waals surface area contributed by atoms with E-state index in [2.05, 4.69) is 22.5 Å². The molecular formula is C12H15BrN2O3S. The molecule has 0 atom stereocenters. The first-order valence-electron chi connectivity index (χ1n) is 5.46. The molecule has 0 unspecified atom stereocenters. The van der Waals surface area contributed by atoms with Gasteiger partial charge >= 0.3 is 0 Å². The van der Waals surface area contributed by atoms with Crippen molar-refractivity contribution in [3.63, 3.8) is 0 Å². The van der Waals surface area contributed by atoms with Crippen LogP contribution >= 0.6 is 15.9 Å². The molecule has 1 rings (SSSR count). The molecular weight excluding hydrogens is 332 g/mol. The first-order valence-corrected chi connectivity index (χ1v) is 7.87. The second-order valence-electron chi connectivity index (χ2n) is 3.93. The Morgan fingerprint density at radius 1 is 1.47 bits per heavy atom. The van der Waals surface area contributed by atoms with Crippen LogP contribution in [0.15, 0.2) is 41.4 Å². The summed E-state index contributed by atoms with van der Waals surface area (Å²) >= 11 is 3.28. The lowest BCUT2D eigenvalue weighted by molar-refractivity contribution is -0.118. The highest BCUT2D eigenvalue weighted by Gasteiger charge is 2.23. The molecule has 0 fully saturated rings. The van der Waals surface area contributed by atoms with Gasteiger partial charge in [-0.05, 0) is 17.7 Å². The Bertz CT molecular complexity index is 572. The summed E-state index contributed by atoms with van der Waals surface area (Å²) < 4.78 is 26.2. The summed E-state index contributed by atoms with van der Waals surface area (Å²) in [7, 11) is -3.61. The maximum absolute atomic E-state index is 12.2. The van der Waals surface area contributed by atoms with Crippen LogP contribution in [0.25, 0.3) is 0 Å². The molecule has 0 saturated carbocycles. The van der Waals surface area contributed by atoms with Crippen molar-refractivity contribution in [2.45, 2.75) is 5.75 Å². The van der Waals surface area contributed by atoms with Crippen molar-refractivity contribution in [1.29, 1.82) is 0 Å². The van der Waals surface area contributed by atoms with E-state index in [9.17, 15) is 13.2 Å². The number of hydrogen-bond donors (Lipinski definition) is 1. The highest BCUT2D eigenvalue weighted by Crippen LogP contribution is 2.16. The van der Waals surface area contributed by atoms with E-state index in [1.54, 1.807) is 24.3 Å². The predicted molar refractivity (Wildman–Crippen MR) is 77.7 cm³/mol. The maximum Gasteiger partial charge on any atom is 0.232 e. The molecule has 1 aromatic carbocycles. The lowest BCUT2D eigenvalue weighted by Gasteiger charge is -2.19. The van der Waals surface area contributed by atoms with Crippen LogP contribution in [0.3, 0.4) is 0 Å². The fourth-order valence-electron chi connectivity index (χ4n) is 1.52. The number of hydrogen-bond acceptors (Lipinski definition) is 3. The normalized spacial score (nSPS) is 11.5. The van der Waals surface area contributed by atoms with Crippen molar-refractivity contribution in [3.8, 4) is 0 Å². The van der Waals surface area contributed by atoms with Gasteiger partial charge in [-0.3, -0.25) is 4.79 Å². The van der Waals surface area contributed by atoms with Gasteiger partial charge in [0.15, 0.2) is 0 Å². The summed E-state index contributed by atoms with van der Waals surface area (Å²) in [5, 5.41) is 0. The number of amides is 1. The third-order valence-corrected chi connectivity index (χ3v) is 4.55. The Balaban J connectivity index is 2.94. The fraction of sp³-hybridized carbons (Fsp3) is 0.250. The Labute approximate surface area is 121 Å². The number of rotatable bonds is 7. The van der Waals surface area contributed by atoms with E-state index in [0.29, 0.717) is 5.56 Å². The molecule has 0 aliphatic rings. The molecule has 7 heteroatoms. The molecule has 0 aliphatic heterocycles. The molecule has 19 heavy (non-hydrogen) atoms. The molecule has 1 aromatic rings. The third kappa shape index (κ3) is 5.14. The molecule has 0 radical (unpaired) electrons. The zero-order valence-electron chi connectivity index (χ0n) is 10.3. The van der Waals surface area contributed by atoms with Crippen molar-refractivity contribution in [3.05, 3.63) is 47.0 Å². The van der Waals surface area contributed by atoms with Gasteiger partial charge in [-0.15, -0.1) is 6.58 Å². The fourth-order valence-corrected chi connectivity index (χ4v) is 3.41. The molecule has 1 amide bonds. The smallest absolute Gasteiger partial charge is 0.232 e. The molecule has 104 valence electrons. The number of primary amides is 1. The number of benzene rings is 1. The predicted octanol–water partition coefficient (Wildman–Crippen LogP) is 1.25. The summed E-state index contributed by atoms with van der Waals surface area (Å²) in [5.74, 6) is -0.882. The molecule has 5 nitrogen and oxygen atoms in total. The third-order valence-electron chi connectivity index (χ3n) is 2.30. The highest BCUT2D eigenvalue weighted by atomic mass is 79.9. The standard InChI is InChI=1S/C12H15BrN2O3S/c1-2-6-15(8-12(14)16)19(17,18)9-10-4-3-5-11(13)7-10/h2-5,7H,1,6,8-9H2,(H2,14,16). The zero-order valence-corrected chi connectivity index (χ0v) is 12.7. The number of carbonyl (C=O) groups is 1. The lowest BCUT2D eigenvalue weighted by Crippen LogP contribution is -2.39. The van der Waals surface area contributed by atoms with Crippen LogP contribution in [0.5, 0.6) is 0 Å². The van der Waals surface area contributed by atoms with Crippen LogP contribution < -0.4 is 5.73 Å². The van der Waals surface area contributed by atoms with Crippen molar-refractivity contribution in [2.75, 3.05) is 13.1 Å². The second-order valence-corrected chi connectivity index (χ2v) is 6.82. The molecule has 0 bridgehead atoms. The molecule has 0 saturated heterocycles. The van der Waals surface area contributed by atoms with Gasteiger partial charge in [-0.2, -0.15) is 4.31 Å². The Morgan fingerprint density at radius 3 is 2.68 bits per heavy atom. The topological polar surface area (TPSA) is 80.5 Å². The number of sulfonamides is 1. The molecule has 0 aliphatic carbocycles. The average Bonchev–Trinajstić information content (AvgIpc) is 2.27. The molecule has 2 N–H and O–H groups in total. The first kappa shape index (κ1) is 15.9. The minimum absolute atomic E-state index is 0.0548. The van der Waals surface area contributed by atoms with Crippen LogP contribution in [-0.4, -0.2) is 31.7 Å². The maximum atomic E-state index is 12.2. The molecule has 0 heterocycles. The Kier molecular flexibility index (Phi) is 5.71. The van der Waals surface area contributed by atoms with Crippen LogP contribution in [0, 0.1) is 0 Å². The van der Waals surface area contributed by atoms with Gasteiger partial charge in [0.25, 0.3) is 0 Å². The minimum Gasteiger partial charge on any atom is -0.369 e. The largest absolute Gasteiger partial charge is 0.369 e. The van der Waals surface area contributed by atoms with Crippen molar-refractivity contribution >= 4 is 31.9 Å². The number of halogens is 1.